The molecular formula is C25H29BrO2. The summed E-state index contributed by atoms with van der Waals surface area (Å²) in [5, 5.41) is 0.998. The summed E-state index contributed by atoms with van der Waals surface area (Å²) < 4.78 is 13.7. The van der Waals surface area contributed by atoms with Crippen molar-refractivity contribution in [2.75, 3.05) is 5.33 Å². The number of halogens is 1. The summed E-state index contributed by atoms with van der Waals surface area (Å²) in [5.41, 5.74) is 2.39. The molecule has 4 rings (SSSR count). The van der Waals surface area contributed by atoms with Crippen molar-refractivity contribution in [3.8, 4) is 0 Å². The highest BCUT2D eigenvalue weighted by Gasteiger charge is 2.57. The Morgan fingerprint density at radius 1 is 0.929 bits per heavy atom. The molecule has 2 aromatic carbocycles. The summed E-state index contributed by atoms with van der Waals surface area (Å²) in [6.07, 6.45) is 8.60. The van der Waals surface area contributed by atoms with Gasteiger partial charge in [-0.2, -0.15) is 0 Å². The molecule has 0 amide bonds. The first-order valence-corrected chi connectivity index (χ1v) is 11.6. The van der Waals surface area contributed by atoms with Crippen LogP contribution in [0.15, 0.2) is 72.8 Å². The Bertz CT molecular complexity index is 726. The predicted octanol–water partition coefficient (Wildman–Crippen LogP) is 6.99. The molecule has 1 saturated carbocycles. The van der Waals surface area contributed by atoms with E-state index >= 15 is 0 Å². The summed E-state index contributed by atoms with van der Waals surface area (Å²) in [4.78, 5) is 0. The number of hydrogen-bond acceptors (Lipinski definition) is 2. The quantitative estimate of drug-likeness (QED) is 0.355. The third-order valence-corrected chi connectivity index (χ3v) is 7.00. The van der Waals surface area contributed by atoms with Gasteiger partial charge in [-0.25, -0.2) is 0 Å². The van der Waals surface area contributed by atoms with Crippen LogP contribution in [-0.4, -0.2) is 11.1 Å². The maximum Gasteiger partial charge on any atom is 0.173 e. The van der Waals surface area contributed by atoms with Crippen LogP contribution in [0.3, 0.4) is 0 Å². The topological polar surface area (TPSA) is 18.5 Å². The third kappa shape index (κ3) is 3.85. The summed E-state index contributed by atoms with van der Waals surface area (Å²) in [6.45, 7) is 2.18. The van der Waals surface area contributed by atoms with Gasteiger partial charge in [-0.3, -0.25) is 0 Å². The first kappa shape index (κ1) is 19.9. The van der Waals surface area contributed by atoms with Crippen LogP contribution in [0.2, 0.25) is 0 Å². The van der Waals surface area contributed by atoms with Gasteiger partial charge in [0.15, 0.2) is 5.79 Å². The molecule has 2 aliphatic rings. The zero-order valence-electron chi connectivity index (χ0n) is 16.5. The van der Waals surface area contributed by atoms with E-state index in [1.54, 1.807) is 0 Å². The SMILES string of the molecule is CC/C=C\CC1C(CBr)CCC12O[C@H](c1ccccc1)[C@@H](c1ccccc1)O2. The van der Waals surface area contributed by atoms with E-state index in [1.165, 1.54) is 11.1 Å². The van der Waals surface area contributed by atoms with E-state index in [0.29, 0.717) is 11.8 Å². The minimum atomic E-state index is -0.502. The molecule has 1 spiro atoms. The highest BCUT2D eigenvalue weighted by Crippen LogP contribution is 2.57. The molecule has 0 aromatic heterocycles. The summed E-state index contributed by atoms with van der Waals surface area (Å²) >= 11 is 3.74. The largest absolute Gasteiger partial charge is 0.339 e. The fourth-order valence-electron chi connectivity index (χ4n) is 4.74. The molecule has 2 fully saturated rings. The minimum Gasteiger partial charge on any atom is -0.339 e. The average molecular weight is 441 g/mol. The minimum absolute atomic E-state index is 0.0738. The monoisotopic (exact) mass is 440 g/mol. The lowest BCUT2D eigenvalue weighted by Crippen LogP contribution is -2.37. The Morgan fingerprint density at radius 3 is 2.00 bits per heavy atom. The van der Waals surface area contributed by atoms with Crippen LogP contribution in [0.4, 0.5) is 0 Å². The Hall–Kier alpha value is -1.42. The fraction of sp³-hybridized carbons (Fsp3) is 0.440. The van der Waals surface area contributed by atoms with Crippen LogP contribution in [0, 0.1) is 11.8 Å². The van der Waals surface area contributed by atoms with Gasteiger partial charge in [-0.1, -0.05) is 95.7 Å². The summed E-state index contributed by atoms with van der Waals surface area (Å²) in [7, 11) is 0. The van der Waals surface area contributed by atoms with Crippen LogP contribution < -0.4 is 0 Å². The van der Waals surface area contributed by atoms with Crippen molar-refractivity contribution in [3.63, 3.8) is 0 Å². The van der Waals surface area contributed by atoms with Crippen molar-refractivity contribution >= 4 is 15.9 Å². The van der Waals surface area contributed by atoms with Crippen molar-refractivity contribution in [2.45, 2.75) is 50.6 Å². The smallest absolute Gasteiger partial charge is 0.173 e. The molecule has 3 heteroatoms. The van der Waals surface area contributed by atoms with E-state index < -0.39 is 5.79 Å². The predicted molar refractivity (Wildman–Crippen MR) is 117 cm³/mol. The average Bonchev–Trinajstić information content (AvgIpc) is 3.31. The van der Waals surface area contributed by atoms with Crippen molar-refractivity contribution in [1.29, 1.82) is 0 Å². The highest BCUT2D eigenvalue weighted by atomic mass is 79.9. The van der Waals surface area contributed by atoms with Gasteiger partial charge < -0.3 is 9.47 Å². The lowest BCUT2D eigenvalue weighted by atomic mass is 9.90. The maximum absolute atomic E-state index is 6.86. The molecule has 1 aliphatic carbocycles. The van der Waals surface area contributed by atoms with E-state index in [2.05, 4.69) is 95.7 Å². The Morgan fingerprint density at radius 2 is 1.50 bits per heavy atom. The van der Waals surface area contributed by atoms with Crippen LogP contribution in [0.1, 0.15) is 55.9 Å². The van der Waals surface area contributed by atoms with E-state index in [4.69, 9.17) is 9.47 Å². The molecule has 28 heavy (non-hydrogen) atoms. The first-order chi connectivity index (χ1) is 13.8. The molecule has 4 atom stereocenters. The number of allylic oxidation sites excluding steroid dienone is 2. The molecule has 1 saturated heterocycles. The molecule has 0 N–H and O–H groups in total. The van der Waals surface area contributed by atoms with Gasteiger partial charge in [-0.15, -0.1) is 0 Å². The van der Waals surface area contributed by atoms with Gasteiger partial charge in [0, 0.05) is 17.7 Å². The molecule has 0 bridgehead atoms. The lowest BCUT2D eigenvalue weighted by molar-refractivity contribution is -0.202. The van der Waals surface area contributed by atoms with E-state index in [-0.39, 0.29) is 12.2 Å². The van der Waals surface area contributed by atoms with Crippen LogP contribution in [-0.2, 0) is 9.47 Å². The van der Waals surface area contributed by atoms with Crippen LogP contribution in [0.5, 0.6) is 0 Å². The maximum atomic E-state index is 6.86. The Labute approximate surface area is 177 Å². The standard InChI is InChI=1S/C25H29BrO2/c1-2-3-6-15-22-21(18-26)16-17-25(22)27-23(19-11-7-4-8-12-19)24(28-25)20-13-9-5-10-14-20/h3-14,21-24H,2,15-18H2,1H3/b6-3-/t21?,22?,23-,24-/m1/s1. The first-order valence-electron chi connectivity index (χ1n) is 10.4. The molecular weight excluding hydrogens is 412 g/mol. The Kier molecular flexibility index (Phi) is 6.35. The van der Waals surface area contributed by atoms with Gasteiger partial charge in [0.25, 0.3) is 0 Å². The number of benzene rings is 2. The van der Waals surface area contributed by atoms with E-state index in [0.717, 1.165) is 31.0 Å². The van der Waals surface area contributed by atoms with Crippen molar-refractivity contribution < 1.29 is 9.47 Å². The molecule has 148 valence electrons. The van der Waals surface area contributed by atoms with Gasteiger partial charge in [0.05, 0.1) is 0 Å². The second-order valence-electron chi connectivity index (χ2n) is 7.89. The fourth-order valence-corrected chi connectivity index (χ4v) is 5.52. The third-order valence-electron chi connectivity index (χ3n) is 6.17. The van der Waals surface area contributed by atoms with Gasteiger partial charge >= 0.3 is 0 Å². The van der Waals surface area contributed by atoms with Crippen molar-refractivity contribution in [3.05, 3.63) is 83.9 Å². The molecule has 1 aliphatic heterocycles. The summed E-state index contributed by atoms with van der Waals surface area (Å²) in [6, 6.07) is 21.1. The molecule has 0 radical (unpaired) electrons. The van der Waals surface area contributed by atoms with Gasteiger partial charge in [-0.05, 0) is 36.3 Å². The second-order valence-corrected chi connectivity index (χ2v) is 8.53. The van der Waals surface area contributed by atoms with Crippen LogP contribution in [0.25, 0.3) is 0 Å². The van der Waals surface area contributed by atoms with Crippen LogP contribution >= 0.6 is 15.9 Å². The van der Waals surface area contributed by atoms with Crippen molar-refractivity contribution in [2.24, 2.45) is 11.8 Å². The summed E-state index contributed by atoms with van der Waals surface area (Å²) in [5.74, 6) is 0.444. The second kappa shape index (κ2) is 8.94. The molecule has 1 heterocycles. The zero-order valence-corrected chi connectivity index (χ0v) is 18.1. The molecule has 2 aromatic rings. The van der Waals surface area contributed by atoms with Gasteiger partial charge in [0.2, 0.25) is 0 Å². The van der Waals surface area contributed by atoms with Crippen molar-refractivity contribution in [1.82, 2.24) is 0 Å². The highest BCUT2D eigenvalue weighted by molar-refractivity contribution is 9.09. The van der Waals surface area contributed by atoms with Gasteiger partial charge in [0.1, 0.15) is 12.2 Å². The van der Waals surface area contributed by atoms with E-state index in [1.807, 2.05) is 0 Å². The molecule has 2 nitrogen and oxygen atoms in total. The number of alkyl halides is 1. The Balaban J connectivity index is 1.69. The van der Waals surface area contributed by atoms with E-state index in [9.17, 15) is 0 Å². The lowest BCUT2D eigenvalue weighted by Gasteiger charge is -2.32. The zero-order chi connectivity index (χ0) is 19.4. The molecule has 2 unspecified atom stereocenters. The number of hydrogen-bond donors (Lipinski definition) is 0. The number of ether oxygens (including phenoxy) is 2. The normalized spacial score (nSPS) is 29.1. The number of rotatable bonds is 6.